The zero-order valence-electron chi connectivity index (χ0n) is 17.1. The van der Waals surface area contributed by atoms with Gasteiger partial charge in [-0.05, 0) is 54.7 Å². The van der Waals surface area contributed by atoms with Crippen LogP contribution in [0.5, 0.6) is 5.75 Å². The Bertz CT molecular complexity index is 881. The fourth-order valence-electron chi connectivity index (χ4n) is 2.69. The van der Waals surface area contributed by atoms with Crippen molar-refractivity contribution in [2.24, 2.45) is 0 Å². The molecule has 7 heteroatoms. The van der Waals surface area contributed by atoms with E-state index in [9.17, 15) is 18.4 Å². The van der Waals surface area contributed by atoms with Gasteiger partial charge in [-0.25, -0.2) is 4.79 Å². The highest BCUT2D eigenvalue weighted by Crippen LogP contribution is 2.26. The molecule has 0 aliphatic heterocycles. The number of hydrogen-bond donors (Lipinski definition) is 1. The van der Waals surface area contributed by atoms with Crippen LogP contribution >= 0.6 is 0 Å². The average molecular weight is 417 g/mol. The van der Waals surface area contributed by atoms with E-state index in [1.807, 2.05) is 24.3 Å². The Kier molecular flexibility index (Phi) is 8.53. The van der Waals surface area contributed by atoms with Gasteiger partial charge in [-0.15, -0.1) is 0 Å². The van der Waals surface area contributed by atoms with Crippen LogP contribution in [0.15, 0.2) is 54.6 Å². The zero-order valence-corrected chi connectivity index (χ0v) is 17.1. The summed E-state index contributed by atoms with van der Waals surface area (Å²) in [6.07, 6.45) is 2.56. The van der Waals surface area contributed by atoms with Crippen molar-refractivity contribution >= 4 is 23.6 Å². The maximum absolute atomic E-state index is 12.4. The molecule has 5 nitrogen and oxygen atoms in total. The van der Waals surface area contributed by atoms with Gasteiger partial charge in [-0.3, -0.25) is 4.79 Å². The lowest BCUT2D eigenvalue weighted by atomic mass is 9.97. The number of para-hydroxylation sites is 1. The van der Waals surface area contributed by atoms with Crippen molar-refractivity contribution in [2.45, 2.75) is 45.8 Å². The minimum Gasteiger partial charge on any atom is -0.449 e. The highest BCUT2D eigenvalue weighted by molar-refractivity contribution is 5.97. The fraction of sp³-hybridized carbons (Fsp3) is 0.304. The number of rotatable bonds is 9. The first kappa shape index (κ1) is 23.1. The molecule has 160 valence electrons. The van der Waals surface area contributed by atoms with Crippen LogP contribution in [0.4, 0.5) is 14.5 Å². The summed E-state index contributed by atoms with van der Waals surface area (Å²) in [4.78, 5) is 24.4. The smallest absolute Gasteiger partial charge is 0.387 e. The first-order chi connectivity index (χ1) is 14.3. The lowest BCUT2D eigenvalue weighted by Gasteiger charge is -2.17. The Morgan fingerprint density at radius 3 is 2.37 bits per heavy atom. The molecule has 0 saturated heterocycles. The van der Waals surface area contributed by atoms with E-state index in [1.54, 1.807) is 0 Å². The van der Waals surface area contributed by atoms with Gasteiger partial charge in [0, 0.05) is 11.8 Å². The van der Waals surface area contributed by atoms with Gasteiger partial charge in [-0.1, -0.05) is 44.2 Å². The third-order valence-corrected chi connectivity index (χ3v) is 4.54. The number of ether oxygens (including phenoxy) is 2. The van der Waals surface area contributed by atoms with Gasteiger partial charge in [-0.2, -0.15) is 8.78 Å². The minimum atomic E-state index is -2.90. The summed E-state index contributed by atoms with van der Waals surface area (Å²) >= 11 is 0. The van der Waals surface area contributed by atoms with Crippen LogP contribution in [-0.2, 0) is 14.3 Å². The lowest BCUT2D eigenvalue weighted by molar-refractivity contribution is -0.148. The Morgan fingerprint density at radius 2 is 1.73 bits per heavy atom. The van der Waals surface area contributed by atoms with Gasteiger partial charge < -0.3 is 14.8 Å². The molecule has 2 aromatic carbocycles. The topological polar surface area (TPSA) is 64.6 Å². The standard InChI is InChI=1S/C23H25F2NO4/c1-4-15(2)19-7-5-6-8-20(19)26-22(28)16(3)29-21(27)14-11-17-9-12-18(13-10-17)30-23(24)25/h5-16,23H,4H2,1-3H3,(H,26,28)/b14-11+/t15-,16+/m1/s1. The van der Waals surface area contributed by atoms with Gasteiger partial charge in [0.2, 0.25) is 0 Å². The first-order valence-corrected chi connectivity index (χ1v) is 9.63. The molecule has 0 aliphatic carbocycles. The summed E-state index contributed by atoms with van der Waals surface area (Å²) in [6, 6.07) is 13.3. The Balaban J connectivity index is 1.92. The number of carbonyl (C=O) groups excluding carboxylic acids is 2. The van der Waals surface area contributed by atoms with E-state index < -0.39 is 24.6 Å². The second kappa shape index (κ2) is 11.1. The van der Waals surface area contributed by atoms with Crippen molar-refractivity contribution < 1.29 is 27.8 Å². The molecule has 2 atom stereocenters. The Labute approximate surface area is 174 Å². The summed E-state index contributed by atoms with van der Waals surface area (Å²) < 4.78 is 33.7. The third kappa shape index (κ3) is 6.99. The first-order valence-electron chi connectivity index (χ1n) is 9.63. The van der Waals surface area contributed by atoms with Crippen LogP contribution in [0, 0.1) is 0 Å². The van der Waals surface area contributed by atoms with Crippen LogP contribution < -0.4 is 10.1 Å². The predicted molar refractivity (Wildman–Crippen MR) is 111 cm³/mol. The van der Waals surface area contributed by atoms with E-state index >= 15 is 0 Å². The second-order valence-corrected chi connectivity index (χ2v) is 6.75. The number of anilines is 1. The number of halogens is 2. The van der Waals surface area contributed by atoms with Gasteiger partial charge >= 0.3 is 12.6 Å². The number of amides is 1. The van der Waals surface area contributed by atoms with Gasteiger partial charge in [0.05, 0.1) is 0 Å². The second-order valence-electron chi connectivity index (χ2n) is 6.75. The lowest BCUT2D eigenvalue weighted by Crippen LogP contribution is -2.29. The largest absolute Gasteiger partial charge is 0.449 e. The molecule has 1 amide bonds. The molecule has 0 bridgehead atoms. The summed E-state index contributed by atoms with van der Waals surface area (Å²) in [5, 5.41) is 2.81. The quantitative estimate of drug-likeness (QED) is 0.439. The monoisotopic (exact) mass is 417 g/mol. The normalized spacial score (nSPS) is 13.1. The molecule has 30 heavy (non-hydrogen) atoms. The summed E-state index contributed by atoms with van der Waals surface area (Å²) in [7, 11) is 0. The van der Waals surface area contributed by atoms with Crippen molar-refractivity contribution in [1.82, 2.24) is 0 Å². The van der Waals surface area contributed by atoms with E-state index in [1.165, 1.54) is 43.3 Å². The van der Waals surface area contributed by atoms with Crippen molar-refractivity contribution in [3.05, 3.63) is 65.7 Å². The molecule has 1 N–H and O–H groups in total. The van der Waals surface area contributed by atoms with Crippen molar-refractivity contribution in [3.8, 4) is 5.75 Å². The van der Waals surface area contributed by atoms with Crippen molar-refractivity contribution in [3.63, 3.8) is 0 Å². The summed E-state index contributed by atoms with van der Waals surface area (Å²) in [5.74, 6) is -0.825. The third-order valence-electron chi connectivity index (χ3n) is 4.54. The van der Waals surface area contributed by atoms with Crippen LogP contribution in [0.3, 0.4) is 0 Å². The molecular formula is C23H25F2NO4. The molecule has 0 aliphatic rings. The van der Waals surface area contributed by atoms with Crippen LogP contribution in [0.2, 0.25) is 0 Å². The highest BCUT2D eigenvalue weighted by Gasteiger charge is 2.18. The molecule has 2 rings (SSSR count). The van der Waals surface area contributed by atoms with Crippen LogP contribution in [0.1, 0.15) is 44.2 Å². The van der Waals surface area contributed by atoms with Crippen molar-refractivity contribution in [1.29, 1.82) is 0 Å². The number of esters is 1. The van der Waals surface area contributed by atoms with E-state index in [2.05, 4.69) is 23.9 Å². The molecule has 0 heterocycles. The van der Waals surface area contributed by atoms with Crippen LogP contribution in [-0.4, -0.2) is 24.6 Å². The van der Waals surface area contributed by atoms with Gasteiger partial charge in [0.1, 0.15) is 5.75 Å². The van der Waals surface area contributed by atoms with E-state index in [-0.39, 0.29) is 11.7 Å². The molecule has 0 saturated carbocycles. The molecule has 0 spiro atoms. The average Bonchev–Trinajstić information content (AvgIpc) is 2.72. The minimum absolute atomic E-state index is 0.0210. The highest BCUT2D eigenvalue weighted by atomic mass is 19.3. The Morgan fingerprint density at radius 1 is 1.07 bits per heavy atom. The fourth-order valence-corrected chi connectivity index (χ4v) is 2.69. The molecule has 0 unspecified atom stereocenters. The Hall–Kier alpha value is -3.22. The molecular weight excluding hydrogens is 392 g/mol. The molecule has 0 fully saturated rings. The predicted octanol–water partition coefficient (Wildman–Crippen LogP) is 5.39. The number of carbonyl (C=O) groups is 2. The molecule has 2 aromatic rings. The van der Waals surface area contributed by atoms with Gasteiger partial charge in [0.25, 0.3) is 5.91 Å². The van der Waals surface area contributed by atoms with E-state index in [0.29, 0.717) is 11.3 Å². The summed E-state index contributed by atoms with van der Waals surface area (Å²) in [5.41, 5.74) is 2.31. The SMILES string of the molecule is CC[C@@H](C)c1ccccc1NC(=O)[C@H](C)OC(=O)/C=C/c1ccc(OC(F)F)cc1. The van der Waals surface area contributed by atoms with Crippen molar-refractivity contribution in [2.75, 3.05) is 5.32 Å². The van der Waals surface area contributed by atoms with E-state index in [4.69, 9.17) is 4.74 Å². The summed E-state index contributed by atoms with van der Waals surface area (Å²) in [6.45, 7) is 2.74. The molecule has 0 aromatic heterocycles. The number of benzene rings is 2. The maximum Gasteiger partial charge on any atom is 0.387 e. The number of nitrogens with one attached hydrogen (secondary N) is 1. The number of hydrogen-bond acceptors (Lipinski definition) is 4. The van der Waals surface area contributed by atoms with E-state index in [0.717, 1.165) is 12.0 Å². The number of alkyl halides is 2. The van der Waals surface area contributed by atoms with Crippen LogP contribution in [0.25, 0.3) is 6.08 Å². The van der Waals surface area contributed by atoms with Gasteiger partial charge in [0.15, 0.2) is 6.10 Å². The zero-order chi connectivity index (χ0) is 22.1. The molecule has 0 radical (unpaired) electrons. The maximum atomic E-state index is 12.4.